The Hall–Kier alpha value is -0.920. The van der Waals surface area contributed by atoms with Gasteiger partial charge in [0.2, 0.25) is 0 Å². The lowest BCUT2D eigenvalue weighted by Gasteiger charge is -2.19. The monoisotopic (exact) mass is 370 g/mol. The predicted octanol–water partition coefficient (Wildman–Crippen LogP) is 3.65. The highest BCUT2D eigenvalue weighted by Crippen LogP contribution is 2.39. The molecule has 1 N–H and O–H groups in total. The molecule has 3 nitrogen and oxygen atoms in total. The molecule has 18 heavy (non-hydrogen) atoms. The van der Waals surface area contributed by atoms with Gasteiger partial charge in [-0.15, -0.1) is 0 Å². The molecule has 0 fully saturated rings. The third-order valence-electron chi connectivity index (χ3n) is 2.44. The lowest BCUT2D eigenvalue weighted by Crippen LogP contribution is -2.15. The van der Waals surface area contributed by atoms with Gasteiger partial charge in [-0.3, -0.25) is 4.79 Å². The second-order valence-corrected chi connectivity index (χ2v) is 5.04. The highest BCUT2D eigenvalue weighted by molar-refractivity contribution is 14.1. The first-order valence-electron chi connectivity index (χ1n) is 5.30. The Morgan fingerprint density at radius 1 is 1.50 bits per heavy atom. The lowest BCUT2D eigenvalue weighted by atomic mass is 10.0. The van der Waals surface area contributed by atoms with Crippen LogP contribution in [0.2, 0.25) is 0 Å². The molecular weight excluding hydrogens is 357 g/mol. The fourth-order valence-corrected chi connectivity index (χ4v) is 2.05. The van der Waals surface area contributed by atoms with Crippen LogP contribution in [-0.4, -0.2) is 18.2 Å². The molecule has 0 aliphatic rings. The van der Waals surface area contributed by atoms with Crippen LogP contribution >= 0.6 is 22.6 Å². The molecule has 0 bridgehead atoms. The molecule has 0 aliphatic carbocycles. The topological polar surface area (TPSA) is 46.5 Å². The molecule has 1 aromatic rings. The van der Waals surface area contributed by atoms with E-state index in [1.165, 1.54) is 19.2 Å². The number of halogens is 3. The number of methoxy groups -OCH3 is 1. The van der Waals surface area contributed by atoms with Crippen molar-refractivity contribution in [3.05, 3.63) is 27.3 Å². The summed E-state index contributed by atoms with van der Waals surface area (Å²) in [6.45, 7) is 0. The van der Waals surface area contributed by atoms with E-state index in [9.17, 15) is 13.6 Å². The zero-order valence-electron chi connectivity index (χ0n) is 9.75. The molecule has 0 saturated heterocycles. The Morgan fingerprint density at radius 3 is 2.72 bits per heavy atom. The van der Waals surface area contributed by atoms with E-state index in [0.717, 1.165) is 0 Å². The number of alkyl halides is 2. The van der Waals surface area contributed by atoms with Crippen molar-refractivity contribution in [3.8, 4) is 5.75 Å². The fourth-order valence-electron chi connectivity index (χ4n) is 1.56. The number of benzene rings is 1. The van der Waals surface area contributed by atoms with Gasteiger partial charge in [0.15, 0.2) is 0 Å². The molecule has 0 atom stereocenters. The van der Waals surface area contributed by atoms with Gasteiger partial charge in [-0.05, 0) is 47.2 Å². The van der Waals surface area contributed by atoms with Crippen LogP contribution in [0.5, 0.6) is 5.75 Å². The normalized spacial score (nSPS) is 11.3. The van der Waals surface area contributed by atoms with E-state index in [4.69, 9.17) is 9.84 Å². The summed E-state index contributed by atoms with van der Waals surface area (Å²) in [6, 6.07) is 4.53. The van der Waals surface area contributed by atoms with Crippen LogP contribution < -0.4 is 4.74 Å². The second-order valence-electron chi connectivity index (χ2n) is 3.80. The van der Waals surface area contributed by atoms with Crippen LogP contribution in [0.25, 0.3) is 0 Å². The molecule has 0 aliphatic heterocycles. The fraction of sp³-hybridized carbons (Fsp3) is 0.417. The van der Waals surface area contributed by atoms with Crippen LogP contribution in [0.3, 0.4) is 0 Å². The van der Waals surface area contributed by atoms with Crippen molar-refractivity contribution in [3.63, 3.8) is 0 Å². The summed E-state index contributed by atoms with van der Waals surface area (Å²) >= 11 is 1.94. The average molecular weight is 370 g/mol. The van der Waals surface area contributed by atoms with Gasteiger partial charge in [-0.25, -0.2) is 8.78 Å². The molecule has 0 unspecified atom stereocenters. The summed E-state index contributed by atoms with van der Waals surface area (Å²) in [5, 5.41) is 8.45. The average Bonchev–Trinajstić information content (AvgIpc) is 2.28. The highest BCUT2D eigenvalue weighted by Gasteiger charge is 2.34. The van der Waals surface area contributed by atoms with E-state index in [1.54, 1.807) is 6.07 Å². The summed E-state index contributed by atoms with van der Waals surface area (Å²) < 4.78 is 33.5. The number of rotatable bonds is 6. The number of hydrogen-bond donors (Lipinski definition) is 1. The Morgan fingerprint density at radius 2 is 2.17 bits per heavy atom. The summed E-state index contributed by atoms with van der Waals surface area (Å²) in [5.41, 5.74) is -0.192. The SMILES string of the molecule is COc1ccc(I)cc1C(F)(F)CCCC(=O)O. The van der Waals surface area contributed by atoms with Crippen LogP contribution in [0.15, 0.2) is 18.2 Å². The standard InChI is InChI=1S/C12H13F2IO3/c1-18-10-5-4-8(15)7-9(10)12(13,14)6-2-3-11(16)17/h4-5,7H,2-3,6H2,1H3,(H,16,17). The number of carboxylic acid groups (broad SMARTS) is 1. The van der Waals surface area contributed by atoms with Gasteiger partial charge in [0.1, 0.15) is 5.75 Å². The number of aliphatic carboxylic acids is 1. The van der Waals surface area contributed by atoms with Crippen molar-refractivity contribution in [1.29, 1.82) is 0 Å². The van der Waals surface area contributed by atoms with Crippen molar-refractivity contribution in [2.24, 2.45) is 0 Å². The van der Waals surface area contributed by atoms with E-state index in [0.29, 0.717) is 3.57 Å². The van der Waals surface area contributed by atoms with E-state index >= 15 is 0 Å². The summed E-state index contributed by atoms with van der Waals surface area (Å²) in [6.07, 6.45) is -0.839. The maximum absolute atomic E-state index is 14.0. The van der Waals surface area contributed by atoms with Crippen molar-refractivity contribution >= 4 is 28.6 Å². The Balaban J connectivity index is 2.88. The van der Waals surface area contributed by atoms with Gasteiger partial charge < -0.3 is 9.84 Å². The molecule has 6 heteroatoms. The molecule has 0 amide bonds. The third kappa shape index (κ3) is 4.08. The molecule has 0 spiro atoms. The van der Waals surface area contributed by atoms with Gasteiger partial charge in [-0.2, -0.15) is 0 Å². The molecule has 1 rings (SSSR count). The Kier molecular flexibility index (Phi) is 5.30. The van der Waals surface area contributed by atoms with Crippen molar-refractivity contribution in [1.82, 2.24) is 0 Å². The smallest absolute Gasteiger partial charge is 0.303 e. The third-order valence-corrected chi connectivity index (χ3v) is 3.11. The number of ether oxygens (including phenoxy) is 1. The first kappa shape index (κ1) is 15.1. The number of hydrogen-bond acceptors (Lipinski definition) is 2. The zero-order chi connectivity index (χ0) is 13.8. The van der Waals surface area contributed by atoms with Gasteiger partial charge in [0.05, 0.1) is 12.7 Å². The predicted molar refractivity (Wildman–Crippen MR) is 71.1 cm³/mol. The minimum Gasteiger partial charge on any atom is -0.496 e. The minimum atomic E-state index is -3.08. The minimum absolute atomic E-state index is 0.0725. The highest BCUT2D eigenvalue weighted by atomic mass is 127. The largest absolute Gasteiger partial charge is 0.496 e. The van der Waals surface area contributed by atoms with Crippen molar-refractivity contribution in [2.45, 2.75) is 25.2 Å². The summed E-state index contributed by atoms with van der Waals surface area (Å²) in [4.78, 5) is 10.3. The number of carboxylic acids is 1. The van der Waals surface area contributed by atoms with Gasteiger partial charge in [-0.1, -0.05) is 0 Å². The van der Waals surface area contributed by atoms with Crippen LogP contribution in [0.1, 0.15) is 24.8 Å². The van der Waals surface area contributed by atoms with Gasteiger partial charge >= 0.3 is 5.97 Å². The Bertz CT molecular complexity index is 435. The molecule has 0 aromatic heterocycles. The van der Waals surface area contributed by atoms with Crippen LogP contribution in [0, 0.1) is 3.57 Å². The summed E-state index contributed by atoms with van der Waals surface area (Å²) in [7, 11) is 1.33. The van der Waals surface area contributed by atoms with E-state index < -0.39 is 18.3 Å². The van der Waals surface area contributed by atoms with E-state index in [1.807, 2.05) is 22.6 Å². The Labute approximate surface area is 117 Å². The van der Waals surface area contributed by atoms with Crippen LogP contribution in [-0.2, 0) is 10.7 Å². The summed E-state index contributed by atoms with van der Waals surface area (Å²) in [5.74, 6) is -4.03. The molecule has 100 valence electrons. The second kappa shape index (κ2) is 6.31. The molecular formula is C12H13F2IO3. The van der Waals surface area contributed by atoms with Gasteiger partial charge in [0, 0.05) is 16.4 Å². The lowest BCUT2D eigenvalue weighted by molar-refractivity contribution is -0.137. The van der Waals surface area contributed by atoms with E-state index in [-0.39, 0.29) is 24.2 Å². The molecule has 0 saturated carbocycles. The van der Waals surface area contributed by atoms with Crippen LogP contribution in [0.4, 0.5) is 8.78 Å². The number of carbonyl (C=O) groups is 1. The molecule has 1 aromatic carbocycles. The quantitative estimate of drug-likeness (QED) is 0.778. The first-order valence-corrected chi connectivity index (χ1v) is 6.38. The first-order chi connectivity index (χ1) is 8.36. The van der Waals surface area contributed by atoms with Gasteiger partial charge in [0.25, 0.3) is 5.92 Å². The zero-order valence-corrected chi connectivity index (χ0v) is 11.9. The van der Waals surface area contributed by atoms with Crippen molar-refractivity contribution in [2.75, 3.05) is 7.11 Å². The molecule has 0 heterocycles. The maximum atomic E-state index is 14.0. The maximum Gasteiger partial charge on any atom is 0.303 e. The molecule has 0 radical (unpaired) electrons. The van der Waals surface area contributed by atoms with Crippen molar-refractivity contribution < 1.29 is 23.4 Å². The van der Waals surface area contributed by atoms with E-state index in [2.05, 4.69) is 0 Å².